The van der Waals surface area contributed by atoms with Crippen molar-refractivity contribution in [1.29, 1.82) is 0 Å². The second-order valence-corrected chi connectivity index (χ2v) is 6.24. The number of benzene rings is 2. The number of rotatable bonds is 6. The Morgan fingerprint density at radius 2 is 1.81 bits per heavy atom. The average molecular weight is 348 g/mol. The fourth-order valence-electron chi connectivity index (χ4n) is 3.08. The predicted octanol–water partition coefficient (Wildman–Crippen LogP) is 2.56. The number of para-hydroxylation sites is 2. The molecule has 1 amide bonds. The summed E-state index contributed by atoms with van der Waals surface area (Å²) in [5.74, 6) is 2.30. The minimum Gasteiger partial charge on any atom is -0.482 e. The highest BCUT2D eigenvalue weighted by atomic mass is 16.5. The maximum absolute atomic E-state index is 12.2. The zero-order chi connectivity index (χ0) is 17.8. The first kappa shape index (κ1) is 16.3. The number of carbonyl (C=O) groups is 1. The monoisotopic (exact) mass is 348 g/mol. The van der Waals surface area contributed by atoms with Crippen molar-refractivity contribution >= 4 is 11.6 Å². The number of nitrogens with zero attached hydrogens (tertiary/aromatic N) is 3. The molecular weight excluding hydrogens is 328 g/mol. The van der Waals surface area contributed by atoms with Crippen LogP contribution in [0.4, 0.5) is 5.69 Å². The topological polar surface area (TPSA) is 71.1 Å². The average Bonchev–Trinajstić information content (AvgIpc) is 3.14. The van der Waals surface area contributed by atoms with Crippen LogP contribution in [0.15, 0.2) is 54.6 Å². The van der Waals surface area contributed by atoms with Crippen molar-refractivity contribution < 1.29 is 9.53 Å². The number of ether oxygens (including phenoxy) is 1. The van der Waals surface area contributed by atoms with E-state index in [-0.39, 0.29) is 12.5 Å². The third-order valence-corrected chi connectivity index (χ3v) is 4.44. The predicted molar refractivity (Wildman–Crippen MR) is 98.2 cm³/mol. The SMILES string of the molecule is O=C1COc2ccccc2N1CCc1n[nH]c(CCc2ccccc2)n1. The number of anilines is 1. The van der Waals surface area contributed by atoms with Crippen LogP contribution in [0.3, 0.4) is 0 Å². The van der Waals surface area contributed by atoms with Gasteiger partial charge in [-0.05, 0) is 24.1 Å². The molecule has 1 aliphatic heterocycles. The summed E-state index contributed by atoms with van der Waals surface area (Å²) >= 11 is 0. The van der Waals surface area contributed by atoms with Crippen molar-refractivity contribution in [2.75, 3.05) is 18.1 Å². The van der Waals surface area contributed by atoms with Crippen molar-refractivity contribution in [2.45, 2.75) is 19.3 Å². The highest BCUT2D eigenvalue weighted by Gasteiger charge is 2.25. The van der Waals surface area contributed by atoms with Crippen LogP contribution in [0, 0.1) is 0 Å². The zero-order valence-electron chi connectivity index (χ0n) is 14.4. The van der Waals surface area contributed by atoms with Gasteiger partial charge in [0.25, 0.3) is 5.91 Å². The zero-order valence-corrected chi connectivity index (χ0v) is 14.4. The maximum Gasteiger partial charge on any atom is 0.265 e. The molecule has 26 heavy (non-hydrogen) atoms. The van der Waals surface area contributed by atoms with Gasteiger partial charge in [-0.3, -0.25) is 9.89 Å². The fraction of sp³-hybridized carbons (Fsp3) is 0.250. The van der Waals surface area contributed by atoms with Crippen molar-refractivity contribution in [3.05, 3.63) is 71.8 Å². The molecule has 6 nitrogen and oxygen atoms in total. The molecule has 1 aliphatic rings. The normalized spacial score (nSPS) is 13.4. The second-order valence-electron chi connectivity index (χ2n) is 6.24. The van der Waals surface area contributed by atoms with Crippen LogP contribution < -0.4 is 9.64 Å². The molecule has 2 aromatic carbocycles. The molecule has 3 aromatic rings. The van der Waals surface area contributed by atoms with E-state index in [0.717, 1.165) is 35.9 Å². The van der Waals surface area contributed by atoms with Gasteiger partial charge in [0.15, 0.2) is 12.4 Å². The van der Waals surface area contributed by atoms with Gasteiger partial charge in [-0.25, -0.2) is 4.98 Å². The lowest BCUT2D eigenvalue weighted by Crippen LogP contribution is -2.40. The van der Waals surface area contributed by atoms with Crippen molar-refractivity contribution in [2.24, 2.45) is 0 Å². The summed E-state index contributed by atoms with van der Waals surface area (Å²) in [6.45, 7) is 0.614. The van der Waals surface area contributed by atoms with Gasteiger partial charge in [-0.15, -0.1) is 0 Å². The van der Waals surface area contributed by atoms with Crippen LogP contribution in [0.2, 0.25) is 0 Å². The number of aryl methyl sites for hydroxylation is 2. The van der Waals surface area contributed by atoms with Gasteiger partial charge < -0.3 is 9.64 Å². The molecule has 6 heteroatoms. The Hall–Kier alpha value is -3.15. The third kappa shape index (κ3) is 3.59. The van der Waals surface area contributed by atoms with E-state index in [0.29, 0.717) is 13.0 Å². The summed E-state index contributed by atoms with van der Waals surface area (Å²) in [6.07, 6.45) is 2.34. The molecule has 0 bridgehead atoms. The summed E-state index contributed by atoms with van der Waals surface area (Å²) in [7, 11) is 0. The lowest BCUT2D eigenvalue weighted by Gasteiger charge is -2.28. The number of nitrogens with one attached hydrogen (secondary N) is 1. The van der Waals surface area contributed by atoms with Crippen molar-refractivity contribution in [3.8, 4) is 5.75 Å². The maximum atomic E-state index is 12.2. The molecule has 0 fully saturated rings. The van der Waals surface area contributed by atoms with Crippen LogP contribution in [-0.4, -0.2) is 34.2 Å². The molecule has 0 atom stereocenters. The van der Waals surface area contributed by atoms with Crippen LogP contribution in [-0.2, 0) is 24.1 Å². The summed E-state index contributed by atoms with van der Waals surface area (Å²) in [4.78, 5) is 18.5. The van der Waals surface area contributed by atoms with E-state index in [1.54, 1.807) is 4.90 Å². The first-order chi connectivity index (χ1) is 12.8. The van der Waals surface area contributed by atoms with Gasteiger partial charge in [0, 0.05) is 19.4 Å². The summed E-state index contributed by atoms with van der Waals surface area (Å²) in [5, 5.41) is 7.29. The van der Waals surface area contributed by atoms with E-state index >= 15 is 0 Å². The highest BCUT2D eigenvalue weighted by Crippen LogP contribution is 2.31. The van der Waals surface area contributed by atoms with E-state index in [2.05, 4.69) is 27.3 Å². The first-order valence-corrected chi connectivity index (χ1v) is 8.76. The Labute approximate surface area is 151 Å². The number of H-pyrrole nitrogens is 1. The molecule has 0 unspecified atom stereocenters. The highest BCUT2D eigenvalue weighted by molar-refractivity contribution is 5.97. The molecule has 0 saturated heterocycles. The minimum atomic E-state index is -0.0384. The third-order valence-electron chi connectivity index (χ3n) is 4.44. The minimum absolute atomic E-state index is 0.0384. The van der Waals surface area contributed by atoms with Gasteiger partial charge in [0.1, 0.15) is 11.6 Å². The number of aromatic amines is 1. The Kier molecular flexibility index (Phi) is 4.64. The standard InChI is InChI=1S/C20H20N4O2/c25-20-14-26-17-9-5-4-8-16(17)24(20)13-12-19-21-18(22-23-19)11-10-15-6-2-1-3-7-15/h1-9H,10-14H2,(H,21,22,23). The lowest BCUT2D eigenvalue weighted by atomic mass is 10.1. The van der Waals surface area contributed by atoms with Crippen LogP contribution in [0.5, 0.6) is 5.75 Å². The first-order valence-electron chi connectivity index (χ1n) is 8.76. The van der Waals surface area contributed by atoms with Crippen LogP contribution >= 0.6 is 0 Å². The Bertz CT molecular complexity index is 892. The van der Waals surface area contributed by atoms with Crippen LogP contribution in [0.1, 0.15) is 17.2 Å². The molecule has 4 rings (SSSR count). The van der Waals surface area contributed by atoms with Gasteiger partial charge in [0.2, 0.25) is 0 Å². The van der Waals surface area contributed by atoms with E-state index < -0.39 is 0 Å². The summed E-state index contributed by atoms with van der Waals surface area (Å²) < 4.78 is 5.47. The largest absolute Gasteiger partial charge is 0.482 e. The number of carbonyl (C=O) groups excluding carboxylic acids is 1. The molecule has 132 valence electrons. The number of fused-ring (bicyclic) bond motifs is 1. The number of aromatic nitrogens is 3. The number of hydrogen-bond acceptors (Lipinski definition) is 4. The molecular formula is C20H20N4O2. The number of hydrogen-bond donors (Lipinski definition) is 1. The number of amides is 1. The smallest absolute Gasteiger partial charge is 0.265 e. The molecule has 0 saturated carbocycles. The summed E-state index contributed by atoms with van der Waals surface area (Å²) in [5.41, 5.74) is 2.09. The van der Waals surface area contributed by atoms with Gasteiger partial charge in [0.05, 0.1) is 5.69 Å². The molecule has 1 aromatic heterocycles. The van der Waals surface area contributed by atoms with Gasteiger partial charge in [-0.2, -0.15) is 5.10 Å². The second kappa shape index (κ2) is 7.39. The lowest BCUT2D eigenvalue weighted by molar-refractivity contribution is -0.121. The Balaban J connectivity index is 1.37. The Morgan fingerprint density at radius 1 is 1.00 bits per heavy atom. The Morgan fingerprint density at radius 3 is 2.69 bits per heavy atom. The molecule has 0 spiro atoms. The van der Waals surface area contributed by atoms with Crippen molar-refractivity contribution in [3.63, 3.8) is 0 Å². The molecule has 0 aliphatic carbocycles. The van der Waals surface area contributed by atoms with E-state index in [9.17, 15) is 4.79 Å². The van der Waals surface area contributed by atoms with Crippen LogP contribution in [0.25, 0.3) is 0 Å². The van der Waals surface area contributed by atoms with E-state index in [4.69, 9.17) is 4.74 Å². The van der Waals surface area contributed by atoms with Crippen molar-refractivity contribution in [1.82, 2.24) is 15.2 Å². The van der Waals surface area contributed by atoms with Gasteiger partial charge >= 0.3 is 0 Å². The van der Waals surface area contributed by atoms with E-state index in [1.807, 2.05) is 42.5 Å². The molecule has 2 heterocycles. The fourth-order valence-corrected chi connectivity index (χ4v) is 3.08. The van der Waals surface area contributed by atoms with Gasteiger partial charge in [-0.1, -0.05) is 42.5 Å². The molecule has 0 radical (unpaired) electrons. The molecule has 1 N–H and O–H groups in total. The summed E-state index contributed by atoms with van der Waals surface area (Å²) in [6, 6.07) is 17.9. The quantitative estimate of drug-likeness (QED) is 0.743. The van der Waals surface area contributed by atoms with E-state index in [1.165, 1.54) is 5.56 Å².